The van der Waals surface area contributed by atoms with Crippen molar-refractivity contribution in [1.82, 2.24) is 24.7 Å². The van der Waals surface area contributed by atoms with E-state index in [1.165, 1.54) is 23.3 Å². The van der Waals surface area contributed by atoms with E-state index in [1.54, 1.807) is 13.4 Å². The van der Waals surface area contributed by atoms with Gasteiger partial charge in [-0.05, 0) is 67.5 Å². The van der Waals surface area contributed by atoms with Crippen LogP contribution < -0.4 is 10.1 Å². The van der Waals surface area contributed by atoms with Crippen LogP contribution >= 0.6 is 0 Å². The zero-order valence-electron chi connectivity index (χ0n) is 20.4. The maximum Gasteiger partial charge on any atom is 0.238 e. The van der Waals surface area contributed by atoms with Gasteiger partial charge in [-0.3, -0.25) is 0 Å². The third-order valence-electron chi connectivity index (χ3n) is 6.49. The van der Waals surface area contributed by atoms with Crippen molar-refractivity contribution in [3.8, 4) is 23.0 Å². The molecule has 0 amide bonds. The average molecular weight is 473 g/mol. The van der Waals surface area contributed by atoms with Crippen molar-refractivity contribution in [3.63, 3.8) is 0 Å². The second-order valence-corrected chi connectivity index (χ2v) is 9.27. The summed E-state index contributed by atoms with van der Waals surface area (Å²) in [6, 6.07) is 10.6. The van der Waals surface area contributed by atoms with Gasteiger partial charge < -0.3 is 14.6 Å². The Bertz CT molecular complexity index is 1350. The number of aromatic nitrogens is 5. The van der Waals surface area contributed by atoms with Gasteiger partial charge in [-0.2, -0.15) is 0 Å². The molecule has 3 heterocycles. The van der Waals surface area contributed by atoms with E-state index in [-0.39, 0.29) is 17.8 Å². The smallest absolute Gasteiger partial charge is 0.238 e. The molecule has 1 atom stereocenters. The molecule has 3 aromatic heterocycles. The summed E-state index contributed by atoms with van der Waals surface area (Å²) in [5, 5.41) is 12.8. The first kappa shape index (κ1) is 23.0. The lowest BCUT2D eigenvalue weighted by molar-refractivity contribution is 0.396. The van der Waals surface area contributed by atoms with E-state index in [0.29, 0.717) is 5.88 Å². The molecule has 0 unspecified atom stereocenters. The van der Waals surface area contributed by atoms with Gasteiger partial charge in [0.15, 0.2) is 5.82 Å². The van der Waals surface area contributed by atoms with Gasteiger partial charge in [-0.1, -0.05) is 26.0 Å². The first-order valence-corrected chi connectivity index (χ1v) is 11.9. The van der Waals surface area contributed by atoms with Crippen LogP contribution in [0.15, 0.2) is 48.9 Å². The Balaban J connectivity index is 1.50. The number of anilines is 1. The highest BCUT2D eigenvalue weighted by molar-refractivity contribution is 5.67. The maximum atomic E-state index is 13.5. The van der Waals surface area contributed by atoms with E-state index in [1.807, 2.05) is 42.0 Å². The molecule has 35 heavy (non-hydrogen) atoms. The summed E-state index contributed by atoms with van der Waals surface area (Å²) in [6.07, 6.45) is 6.57. The molecular formula is C27H29FN6O. The number of fused-ring (bicyclic) bond motifs is 1. The van der Waals surface area contributed by atoms with Crippen molar-refractivity contribution in [2.45, 2.75) is 46.1 Å². The predicted octanol–water partition coefficient (Wildman–Crippen LogP) is 5.48. The van der Waals surface area contributed by atoms with E-state index < -0.39 is 0 Å². The minimum atomic E-state index is -0.238. The molecule has 0 saturated carbocycles. The molecule has 4 aromatic rings. The minimum Gasteiger partial charge on any atom is -0.479 e. The SMILES string of the molecule is COc1nc(-c2nnc(N[C@H](c3ccc(F)cc3)C(C)C)c3c2CCC3)ccc1-n1cnc(C)c1. The number of halogens is 1. The van der Waals surface area contributed by atoms with E-state index in [2.05, 4.69) is 34.3 Å². The highest BCUT2D eigenvalue weighted by Gasteiger charge is 2.26. The number of benzene rings is 1. The third-order valence-corrected chi connectivity index (χ3v) is 6.49. The zero-order valence-corrected chi connectivity index (χ0v) is 20.4. The van der Waals surface area contributed by atoms with Crippen LogP contribution in [0.3, 0.4) is 0 Å². The molecule has 7 nitrogen and oxygen atoms in total. The Morgan fingerprint density at radius 2 is 1.80 bits per heavy atom. The van der Waals surface area contributed by atoms with Crippen molar-refractivity contribution in [3.05, 3.63) is 77.1 Å². The minimum absolute atomic E-state index is 0.00316. The summed E-state index contributed by atoms with van der Waals surface area (Å²) in [7, 11) is 1.62. The van der Waals surface area contributed by atoms with Crippen LogP contribution in [0.1, 0.15) is 48.7 Å². The van der Waals surface area contributed by atoms with Crippen molar-refractivity contribution >= 4 is 5.82 Å². The molecule has 1 aliphatic carbocycles. The Morgan fingerprint density at radius 1 is 1.03 bits per heavy atom. The summed E-state index contributed by atoms with van der Waals surface area (Å²) < 4.78 is 21.0. The molecule has 1 aromatic carbocycles. The van der Waals surface area contributed by atoms with Crippen LogP contribution in [0.2, 0.25) is 0 Å². The summed E-state index contributed by atoms with van der Waals surface area (Å²) in [5.41, 5.74) is 6.64. The van der Waals surface area contributed by atoms with Crippen LogP contribution in [-0.2, 0) is 12.8 Å². The fraction of sp³-hybridized carbons (Fsp3) is 0.333. The number of hydrogen-bond acceptors (Lipinski definition) is 6. The molecule has 0 spiro atoms. The van der Waals surface area contributed by atoms with Gasteiger partial charge >= 0.3 is 0 Å². The van der Waals surface area contributed by atoms with Gasteiger partial charge in [0.05, 0.1) is 30.9 Å². The number of nitrogens with zero attached hydrogens (tertiary/aromatic N) is 5. The fourth-order valence-electron chi connectivity index (χ4n) is 4.73. The molecule has 1 N–H and O–H groups in total. The molecule has 0 aliphatic heterocycles. The molecular weight excluding hydrogens is 443 g/mol. The largest absolute Gasteiger partial charge is 0.479 e. The second kappa shape index (κ2) is 9.44. The number of rotatable bonds is 7. The molecule has 180 valence electrons. The van der Waals surface area contributed by atoms with Gasteiger partial charge in [0.1, 0.15) is 17.2 Å². The molecule has 5 rings (SSSR count). The Kier molecular flexibility index (Phi) is 6.19. The predicted molar refractivity (Wildman–Crippen MR) is 133 cm³/mol. The molecule has 0 saturated heterocycles. The van der Waals surface area contributed by atoms with E-state index in [0.717, 1.165) is 53.4 Å². The van der Waals surface area contributed by atoms with Gasteiger partial charge in [0.25, 0.3) is 0 Å². The lowest BCUT2D eigenvalue weighted by atomic mass is 9.95. The van der Waals surface area contributed by atoms with Gasteiger partial charge in [0, 0.05) is 11.8 Å². The number of imidazole rings is 1. The Morgan fingerprint density at radius 3 is 2.49 bits per heavy atom. The third kappa shape index (κ3) is 4.48. The molecule has 0 fully saturated rings. The summed E-state index contributed by atoms with van der Waals surface area (Å²) >= 11 is 0. The normalized spacial score (nSPS) is 13.7. The fourth-order valence-corrected chi connectivity index (χ4v) is 4.73. The summed E-state index contributed by atoms with van der Waals surface area (Å²) in [4.78, 5) is 9.07. The molecule has 0 bridgehead atoms. The van der Waals surface area contributed by atoms with E-state index >= 15 is 0 Å². The van der Waals surface area contributed by atoms with Gasteiger partial charge in [-0.15, -0.1) is 10.2 Å². The number of nitrogens with one attached hydrogen (secondary N) is 1. The molecule has 0 radical (unpaired) electrons. The number of ether oxygens (including phenoxy) is 1. The van der Waals surface area contributed by atoms with Crippen molar-refractivity contribution in [2.24, 2.45) is 5.92 Å². The highest BCUT2D eigenvalue weighted by atomic mass is 19.1. The van der Waals surface area contributed by atoms with Crippen LogP contribution in [0, 0.1) is 18.7 Å². The van der Waals surface area contributed by atoms with Crippen LogP contribution in [0.5, 0.6) is 5.88 Å². The summed E-state index contributed by atoms with van der Waals surface area (Å²) in [5.74, 6) is 1.34. The lowest BCUT2D eigenvalue weighted by Crippen LogP contribution is -2.19. The number of hydrogen-bond donors (Lipinski definition) is 1. The quantitative estimate of drug-likeness (QED) is 0.384. The highest BCUT2D eigenvalue weighted by Crippen LogP contribution is 2.37. The average Bonchev–Trinajstić information content (AvgIpc) is 3.52. The number of methoxy groups -OCH3 is 1. The standard InChI is InChI=1S/C27H29FN6O/c1-16(2)24(18-8-10-19(28)11-9-18)31-26-21-7-5-6-20(21)25(32-33-26)22-12-13-23(27(30-22)35-4)34-14-17(3)29-15-34/h8-16,24H,5-7H2,1-4H3,(H,31,33)/t24-/m0/s1. The number of aryl methyl sites for hydroxylation is 1. The first-order chi connectivity index (χ1) is 16.9. The van der Waals surface area contributed by atoms with E-state index in [9.17, 15) is 4.39 Å². The maximum absolute atomic E-state index is 13.5. The monoisotopic (exact) mass is 472 g/mol. The Labute approximate surface area is 204 Å². The summed E-state index contributed by atoms with van der Waals surface area (Å²) in [6.45, 7) is 6.23. The first-order valence-electron chi connectivity index (χ1n) is 11.9. The van der Waals surface area contributed by atoms with Crippen LogP contribution in [0.25, 0.3) is 17.1 Å². The Hall–Kier alpha value is -3.81. The number of pyridine rings is 1. The van der Waals surface area contributed by atoms with Crippen molar-refractivity contribution in [1.29, 1.82) is 0 Å². The van der Waals surface area contributed by atoms with Crippen LogP contribution in [-0.4, -0.2) is 31.8 Å². The van der Waals surface area contributed by atoms with Crippen molar-refractivity contribution in [2.75, 3.05) is 12.4 Å². The van der Waals surface area contributed by atoms with E-state index in [4.69, 9.17) is 9.72 Å². The lowest BCUT2D eigenvalue weighted by Gasteiger charge is -2.25. The topological polar surface area (TPSA) is 77.8 Å². The van der Waals surface area contributed by atoms with Crippen molar-refractivity contribution < 1.29 is 9.13 Å². The molecule has 1 aliphatic rings. The van der Waals surface area contributed by atoms with Gasteiger partial charge in [-0.25, -0.2) is 14.4 Å². The second-order valence-electron chi connectivity index (χ2n) is 9.27. The zero-order chi connectivity index (χ0) is 24.5. The van der Waals surface area contributed by atoms with Crippen LogP contribution in [0.4, 0.5) is 10.2 Å². The molecule has 8 heteroatoms. The van der Waals surface area contributed by atoms with Gasteiger partial charge in [0.2, 0.25) is 5.88 Å².